The predicted molar refractivity (Wildman–Crippen MR) is 72.9 cm³/mol. The molecule has 1 heterocycles. The minimum Gasteiger partial charge on any atom is -0.303 e. The molecule has 2 rings (SSSR count). The Morgan fingerprint density at radius 2 is 1.94 bits per heavy atom. The minimum atomic E-state index is -0.382. The van der Waals surface area contributed by atoms with E-state index in [2.05, 4.69) is 40.6 Å². The van der Waals surface area contributed by atoms with Gasteiger partial charge in [-0.3, -0.25) is 4.90 Å². The zero-order valence-electron chi connectivity index (χ0n) is 11.2. The number of nitriles is 1. The fourth-order valence-electron chi connectivity index (χ4n) is 2.45. The lowest BCUT2D eigenvalue weighted by Gasteiger charge is -2.22. The van der Waals surface area contributed by atoms with Crippen molar-refractivity contribution in [2.45, 2.75) is 38.4 Å². The van der Waals surface area contributed by atoms with Crippen molar-refractivity contribution < 1.29 is 0 Å². The molecule has 18 heavy (non-hydrogen) atoms. The highest BCUT2D eigenvalue weighted by molar-refractivity contribution is 5.30. The molecule has 1 aromatic rings. The third kappa shape index (κ3) is 2.90. The van der Waals surface area contributed by atoms with Gasteiger partial charge in [-0.2, -0.15) is 5.26 Å². The second kappa shape index (κ2) is 5.51. The van der Waals surface area contributed by atoms with Crippen molar-refractivity contribution in [1.29, 1.82) is 5.26 Å². The maximum absolute atomic E-state index is 9.09. The van der Waals surface area contributed by atoms with E-state index in [0.29, 0.717) is 0 Å². The molecule has 1 unspecified atom stereocenters. The molecule has 96 valence electrons. The molecule has 3 heteroatoms. The summed E-state index contributed by atoms with van der Waals surface area (Å²) in [5.41, 5.74) is 2.52. The number of nitrogens with one attached hydrogen (secondary N) is 1. The monoisotopic (exact) mass is 243 g/mol. The van der Waals surface area contributed by atoms with Gasteiger partial charge in [0.2, 0.25) is 0 Å². The van der Waals surface area contributed by atoms with Crippen molar-refractivity contribution >= 4 is 0 Å². The lowest BCUT2D eigenvalue weighted by atomic mass is 9.98. The summed E-state index contributed by atoms with van der Waals surface area (Å²) in [7, 11) is 1.86. The normalized spacial score (nSPS) is 18.1. The number of fused-ring (bicyclic) bond motifs is 1. The number of hydrogen-bond acceptors (Lipinski definition) is 3. The molecule has 0 amide bonds. The van der Waals surface area contributed by atoms with Gasteiger partial charge in [-0.05, 0) is 44.5 Å². The Kier molecular flexibility index (Phi) is 4.00. The van der Waals surface area contributed by atoms with Crippen LogP contribution < -0.4 is 5.32 Å². The van der Waals surface area contributed by atoms with Gasteiger partial charge in [-0.15, -0.1) is 0 Å². The minimum absolute atomic E-state index is 0.382. The van der Waals surface area contributed by atoms with Gasteiger partial charge in [0.25, 0.3) is 0 Å². The third-order valence-corrected chi connectivity index (χ3v) is 3.86. The lowest BCUT2D eigenvalue weighted by Crippen LogP contribution is -2.38. The summed E-state index contributed by atoms with van der Waals surface area (Å²) in [6, 6.07) is 11.0. The van der Waals surface area contributed by atoms with Gasteiger partial charge in [0.05, 0.1) is 6.07 Å². The van der Waals surface area contributed by atoms with Gasteiger partial charge in [-0.25, -0.2) is 0 Å². The average Bonchev–Trinajstić information content (AvgIpc) is 2.81. The van der Waals surface area contributed by atoms with Crippen LogP contribution in [0, 0.1) is 11.3 Å². The molecule has 0 aliphatic carbocycles. The highest BCUT2D eigenvalue weighted by atomic mass is 15.1. The summed E-state index contributed by atoms with van der Waals surface area (Å²) in [5, 5.41) is 12.2. The first kappa shape index (κ1) is 13.1. The van der Waals surface area contributed by atoms with Crippen LogP contribution in [0.4, 0.5) is 0 Å². The molecule has 0 bridgehead atoms. The maximum atomic E-state index is 9.09. The van der Waals surface area contributed by atoms with Crippen molar-refractivity contribution in [3.8, 4) is 6.07 Å². The van der Waals surface area contributed by atoms with Crippen LogP contribution in [0.25, 0.3) is 0 Å². The number of rotatable bonds is 5. The molecule has 0 saturated heterocycles. The number of benzene rings is 1. The SMILES string of the molecule is CNC(C)(C#N)CCCN1Cc2ccccc2C1. The van der Waals surface area contributed by atoms with E-state index in [1.54, 1.807) is 0 Å². The molecule has 1 aromatic carbocycles. The molecular weight excluding hydrogens is 222 g/mol. The molecule has 1 aliphatic rings. The van der Waals surface area contributed by atoms with Gasteiger partial charge >= 0.3 is 0 Å². The Morgan fingerprint density at radius 3 is 2.44 bits per heavy atom. The van der Waals surface area contributed by atoms with Gasteiger partial charge in [-0.1, -0.05) is 24.3 Å². The summed E-state index contributed by atoms with van der Waals surface area (Å²) in [5.74, 6) is 0. The second-order valence-corrected chi connectivity index (χ2v) is 5.28. The van der Waals surface area contributed by atoms with E-state index in [-0.39, 0.29) is 5.54 Å². The fourth-order valence-corrected chi connectivity index (χ4v) is 2.45. The summed E-state index contributed by atoms with van der Waals surface area (Å²) < 4.78 is 0. The molecule has 1 atom stereocenters. The highest BCUT2D eigenvalue weighted by Crippen LogP contribution is 2.23. The van der Waals surface area contributed by atoms with E-state index in [0.717, 1.165) is 32.5 Å². The van der Waals surface area contributed by atoms with E-state index >= 15 is 0 Å². The average molecular weight is 243 g/mol. The van der Waals surface area contributed by atoms with Crippen LogP contribution in [0.3, 0.4) is 0 Å². The highest BCUT2D eigenvalue weighted by Gasteiger charge is 2.22. The van der Waals surface area contributed by atoms with E-state index in [4.69, 9.17) is 5.26 Å². The third-order valence-electron chi connectivity index (χ3n) is 3.86. The summed E-state index contributed by atoms with van der Waals surface area (Å²) in [6.07, 6.45) is 1.95. The Morgan fingerprint density at radius 1 is 1.33 bits per heavy atom. The predicted octanol–water partition coefficient (Wildman–Crippen LogP) is 2.28. The maximum Gasteiger partial charge on any atom is 0.103 e. The quantitative estimate of drug-likeness (QED) is 0.862. The second-order valence-electron chi connectivity index (χ2n) is 5.28. The molecule has 0 radical (unpaired) electrons. The van der Waals surface area contributed by atoms with Crippen LogP contribution in [0.2, 0.25) is 0 Å². The molecule has 0 aromatic heterocycles. The Hall–Kier alpha value is -1.37. The van der Waals surface area contributed by atoms with E-state index in [9.17, 15) is 0 Å². The van der Waals surface area contributed by atoms with E-state index < -0.39 is 0 Å². The van der Waals surface area contributed by atoms with Gasteiger partial charge in [0.1, 0.15) is 5.54 Å². The first-order valence-corrected chi connectivity index (χ1v) is 6.56. The summed E-state index contributed by atoms with van der Waals surface area (Å²) in [4.78, 5) is 2.46. The molecule has 0 spiro atoms. The van der Waals surface area contributed by atoms with Crippen molar-refractivity contribution in [3.63, 3.8) is 0 Å². The molecular formula is C15H21N3. The van der Waals surface area contributed by atoms with Gasteiger partial charge in [0, 0.05) is 13.1 Å². The number of nitrogens with zero attached hydrogens (tertiary/aromatic N) is 2. The smallest absolute Gasteiger partial charge is 0.103 e. The molecule has 1 N–H and O–H groups in total. The zero-order valence-corrected chi connectivity index (χ0v) is 11.2. The Labute approximate surface area is 109 Å². The van der Waals surface area contributed by atoms with Crippen molar-refractivity contribution in [1.82, 2.24) is 10.2 Å². The van der Waals surface area contributed by atoms with Crippen molar-refractivity contribution in [3.05, 3.63) is 35.4 Å². The Bertz CT molecular complexity index is 424. The van der Waals surface area contributed by atoms with Gasteiger partial charge < -0.3 is 5.32 Å². The molecule has 0 fully saturated rings. The summed E-state index contributed by atoms with van der Waals surface area (Å²) >= 11 is 0. The van der Waals surface area contributed by atoms with Crippen LogP contribution in [-0.2, 0) is 13.1 Å². The first-order valence-electron chi connectivity index (χ1n) is 6.56. The molecule has 0 saturated carbocycles. The number of hydrogen-bond donors (Lipinski definition) is 1. The largest absolute Gasteiger partial charge is 0.303 e. The fraction of sp³-hybridized carbons (Fsp3) is 0.533. The van der Waals surface area contributed by atoms with Crippen LogP contribution in [0.15, 0.2) is 24.3 Å². The van der Waals surface area contributed by atoms with Crippen LogP contribution in [0.1, 0.15) is 30.9 Å². The molecule has 3 nitrogen and oxygen atoms in total. The van der Waals surface area contributed by atoms with Crippen LogP contribution in [0.5, 0.6) is 0 Å². The van der Waals surface area contributed by atoms with E-state index in [1.165, 1.54) is 11.1 Å². The summed E-state index contributed by atoms with van der Waals surface area (Å²) in [6.45, 7) is 5.14. The lowest BCUT2D eigenvalue weighted by molar-refractivity contribution is 0.266. The van der Waals surface area contributed by atoms with E-state index in [1.807, 2.05) is 14.0 Å². The van der Waals surface area contributed by atoms with Crippen LogP contribution in [-0.4, -0.2) is 24.0 Å². The Balaban J connectivity index is 1.80. The zero-order chi connectivity index (χ0) is 13.0. The first-order chi connectivity index (χ1) is 8.67. The topological polar surface area (TPSA) is 39.1 Å². The van der Waals surface area contributed by atoms with Crippen molar-refractivity contribution in [2.75, 3.05) is 13.6 Å². The molecule has 1 aliphatic heterocycles. The van der Waals surface area contributed by atoms with Crippen LogP contribution >= 0.6 is 0 Å². The van der Waals surface area contributed by atoms with Crippen molar-refractivity contribution in [2.24, 2.45) is 0 Å². The van der Waals surface area contributed by atoms with Gasteiger partial charge in [0.15, 0.2) is 0 Å². The standard InChI is InChI=1S/C15H21N3/c1-15(12-16,17-2)8-5-9-18-10-13-6-3-4-7-14(13)11-18/h3-4,6-7,17H,5,8-11H2,1-2H3.